The molecule has 3 rings (SSSR count). The number of alkyl halides is 1. The number of hydrogen-bond donors (Lipinski definition) is 1. The fraction of sp³-hybridized carbons (Fsp3) is 0.667. The third-order valence-corrected chi connectivity index (χ3v) is 12.5. The number of benzene rings is 1. The third kappa shape index (κ3) is 4.98. The van der Waals surface area contributed by atoms with Crippen LogP contribution in [0.15, 0.2) is 45.6 Å². The van der Waals surface area contributed by atoms with Crippen molar-refractivity contribution in [3.8, 4) is 5.69 Å². The SMILES string of the molecule is C#[S-](c1ccccc1)[C@@H]1C[C@@H](N2N=NCC2F)[C@H](O)[C@@H](CO[Si](C)(C)C(C)(C)C)O1. The van der Waals surface area contributed by atoms with Crippen LogP contribution in [0.2, 0.25) is 18.1 Å². The number of ether oxygens (including phenoxy) is 1. The maximum Gasteiger partial charge on any atom is 0.210 e. The van der Waals surface area contributed by atoms with Crippen LogP contribution in [0.3, 0.4) is 0 Å². The highest BCUT2D eigenvalue weighted by atomic mass is 32.2. The van der Waals surface area contributed by atoms with Gasteiger partial charge in [0.2, 0.25) is 6.30 Å². The van der Waals surface area contributed by atoms with Crippen LogP contribution >= 0.6 is 0 Å². The van der Waals surface area contributed by atoms with Crippen molar-refractivity contribution in [2.24, 2.45) is 10.3 Å². The average Bonchev–Trinajstić information content (AvgIpc) is 3.12. The van der Waals surface area contributed by atoms with Gasteiger partial charge >= 0.3 is 0 Å². The Kier molecular flexibility index (Phi) is 7.11. The van der Waals surface area contributed by atoms with Gasteiger partial charge in [0.1, 0.15) is 18.8 Å². The molecule has 0 spiro atoms. The van der Waals surface area contributed by atoms with Crippen LogP contribution in [0.4, 0.5) is 4.39 Å². The molecule has 1 unspecified atom stereocenters. The molecule has 0 aromatic heterocycles. The van der Waals surface area contributed by atoms with Crippen LogP contribution in [0, 0.1) is 5.69 Å². The van der Waals surface area contributed by atoms with Gasteiger partial charge in [0.05, 0.1) is 12.6 Å². The number of aliphatic hydroxyl groups is 1. The molecule has 1 aromatic rings. The second-order valence-corrected chi connectivity index (χ2v) is 15.9. The van der Waals surface area contributed by atoms with E-state index in [0.717, 1.165) is 4.90 Å². The van der Waals surface area contributed by atoms with Crippen molar-refractivity contribution in [1.29, 1.82) is 0 Å². The molecule has 0 saturated carbocycles. The molecule has 0 radical (unpaired) electrons. The quantitative estimate of drug-likeness (QED) is 0.423. The van der Waals surface area contributed by atoms with Gasteiger partial charge in [-0.05, 0) is 30.0 Å². The van der Waals surface area contributed by atoms with Crippen LogP contribution in [0.25, 0.3) is 0 Å². The van der Waals surface area contributed by atoms with E-state index in [1.165, 1.54) is 5.01 Å². The molecular weight excluding hydrogens is 421 g/mol. The number of hydrogen-bond acceptors (Lipinski definition) is 7. The Bertz CT molecular complexity index is 824. The van der Waals surface area contributed by atoms with Crippen LogP contribution < -0.4 is 0 Å². The van der Waals surface area contributed by atoms with Crippen molar-refractivity contribution < 1.29 is 18.7 Å². The Morgan fingerprint density at radius 2 is 2.00 bits per heavy atom. The van der Waals surface area contributed by atoms with Crippen LogP contribution in [0.1, 0.15) is 27.2 Å². The summed E-state index contributed by atoms with van der Waals surface area (Å²) in [6, 6.07) is 9.15. The van der Waals surface area contributed by atoms with Crippen LogP contribution in [-0.4, -0.2) is 61.6 Å². The minimum atomic E-state index is -2.05. The van der Waals surface area contributed by atoms with E-state index >= 15 is 0 Å². The Morgan fingerprint density at radius 3 is 2.57 bits per heavy atom. The largest absolute Gasteiger partial charge is 0.414 e. The van der Waals surface area contributed by atoms with Gasteiger partial charge in [-0.15, -0.1) is 4.90 Å². The molecule has 0 bridgehead atoms. The molecule has 1 N–H and O–H groups in total. The van der Waals surface area contributed by atoms with Crippen molar-refractivity contribution in [2.75, 3.05) is 13.2 Å². The van der Waals surface area contributed by atoms with E-state index in [1.54, 1.807) is 0 Å². The zero-order valence-electron chi connectivity index (χ0n) is 18.4. The summed E-state index contributed by atoms with van der Waals surface area (Å²) in [6.07, 6.45) is -2.55. The summed E-state index contributed by atoms with van der Waals surface area (Å²) < 4.78 is 27.0. The summed E-state index contributed by atoms with van der Waals surface area (Å²) in [5, 5.41) is 20.1. The van der Waals surface area contributed by atoms with E-state index in [2.05, 4.69) is 44.2 Å². The lowest BCUT2D eigenvalue weighted by atomic mass is 9.99. The Balaban J connectivity index is 1.82. The van der Waals surface area contributed by atoms with E-state index in [0.29, 0.717) is 6.42 Å². The Morgan fingerprint density at radius 1 is 1.33 bits per heavy atom. The first kappa shape index (κ1) is 23.4. The topological polar surface area (TPSA) is 66.7 Å². The number of nitrogens with zero attached hydrogens (tertiary/aromatic N) is 3. The maximum absolute atomic E-state index is 14.4. The summed E-state index contributed by atoms with van der Waals surface area (Å²) in [5.41, 5.74) is 6.17. The first-order chi connectivity index (χ1) is 14.0. The molecule has 9 heteroatoms. The van der Waals surface area contributed by atoms with Crippen LogP contribution in [0.5, 0.6) is 0 Å². The van der Waals surface area contributed by atoms with E-state index in [9.17, 15) is 9.50 Å². The van der Waals surface area contributed by atoms with E-state index < -0.39 is 43.2 Å². The lowest BCUT2D eigenvalue weighted by molar-refractivity contribution is -0.151. The molecule has 5 atom stereocenters. The molecular formula is C21H33FN3O3SSi-. The molecule has 0 amide bonds. The van der Waals surface area contributed by atoms with Gasteiger partial charge in [-0.25, -0.2) is 9.40 Å². The van der Waals surface area contributed by atoms with Gasteiger partial charge in [0, 0.05) is 0 Å². The molecule has 1 aromatic carbocycles. The first-order valence-electron chi connectivity index (χ1n) is 10.3. The van der Waals surface area contributed by atoms with E-state index in [1.807, 2.05) is 30.3 Å². The van der Waals surface area contributed by atoms with Crippen molar-refractivity contribution in [3.63, 3.8) is 0 Å². The predicted molar refractivity (Wildman–Crippen MR) is 120 cm³/mol. The molecule has 1 fully saturated rings. The average molecular weight is 455 g/mol. The second kappa shape index (κ2) is 9.10. The minimum Gasteiger partial charge on any atom is -0.414 e. The second-order valence-electron chi connectivity index (χ2n) is 9.38. The van der Waals surface area contributed by atoms with Gasteiger partial charge in [-0.1, -0.05) is 56.3 Å². The summed E-state index contributed by atoms with van der Waals surface area (Å²) in [6.45, 7) is 11.0. The standard InChI is InChI=1S/C21H33FN3O3SSi/c1-21(2,3)30(5,6)27-14-17-20(26)16(25-18(22)13-23-24-25)12-19(28-17)29(4)15-10-8-7-9-11-15/h4,7-11,16-20,26H,12-14H2,1-3,5-6H3/q-1/t16-,17-,18?,19-,20+/m1/s1. The summed E-state index contributed by atoms with van der Waals surface area (Å²) in [7, 11) is -2.78. The molecule has 1 saturated heterocycles. The smallest absolute Gasteiger partial charge is 0.210 e. The molecule has 6 nitrogen and oxygen atoms in total. The first-order valence-corrected chi connectivity index (χ1v) is 14.6. The monoisotopic (exact) mass is 454 g/mol. The van der Waals surface area contributed by atoms with Gasteiger partial charge in [-0.2, -0.15) is 5.11 Å². The van der Waals surface area contributed by atoms with Gasteiger partial charge in [0.15, 0.2) is 8.32 Å². The Hall–Kier alpha value is -1.22. The number of halogens is 1. The summed E-state index contributed by atoms with van der Waals surface area (Å²) in [4.78, 5) is 0.960. The van der Waals surface area contributed by atoms with Crippen LogP contribution in [-0.2, 0) is 19.5 Å². The molecule has 2 heterocycles. The molecule has 168 valence electrons. The zero-order valence-corrected chi connectivity index (χ0v) is 20.2. The predicted octanol–water partition coefficient (Wildman–Crippen LogP) is 4.10. The lowest BCUT2D eigenvalue weighted by Gasteiger charge is -2.48. The van der Waals surface area contributed by atoms with Gasteiger partial charge in [-0.3, -0.25) is 0 Å². The van der Waals surface area contributed by atoms with Crippen molar-refractivity contribution in [1.82, 2.24) is 5.01 Å². The number of aliphatic hydroxyl groups excluding tert-OH is 1. The highest BCUT2D eigenvalue weighted by Crippen LogP contribution is 2.38. The van der Waals surface area contributed by atoms with Gasteiger partial charge < -0.3 is 30.3 Å². The zero-order chi connectivity index (χ0) is 22.1. The van der Waals surface area contributed by atoms with E-state index in [-0.39, 0.29) is 23.6 Å². The molecule has 2 aliphatic rings. The third-order valence-electron chi connectivity index (χ3n) is 6.27. The Labute approximate surface area is 182 Å². The number of rotatable bonds is 4. The van der Waals surface area contributed by atoms with Crippen molar-refractivity contribution >= 4 is 18.6 Å². The van der Waals surface area contributed by atoms with Crippen molar-refractivity contribution in [3.05, 3.63) is 30.3 Å². The van der Waals surface area contributed by atoms with Crippen molar-refractivity contribution in [2.45, 2.75) is 80.2 Å². The highest BCUT2D eigenvalue weighted by molar-refractivity contribution is 7.86. The summed E-state index contributed by atoms with van der Waals surface area (Å²) >= 11 is 0. The lowest BCUT2D eigenvalue weighted by Crippen LogP contribution is -2.58. The molecule has 0 aliphatic carbocycles. The van der Waals surface area contributed by atoms with Gasteiger partial charge in [0.25, 0.3) is 0 Å². The maximum atomic E-state index is 14.4. The molecule has 30 heavy (non-hydrogen) atoms. The molecule has 2 aliphatic heterocycles. The fourth-order valence-corrected chi connectivity index (χ4v) is 5.76. The summed E-state index contributed by atoms with van der Waals surface area (Å²) in [5.74, 6) is 0. The van der Waals surface area contributed by atoms with E-state index in [4.69, 9.17) is 14.9 Å². The highest BCUT2D eigenvalue weighted by Gasteiger charge is 2.44. The fourth-order valence-electron chi connectivity index (χ4n) is 3.31. The minimum absolute atomic E-state index is 0.0209. The normalized spacial score (nSPS) is 30.2.